The molecular weight excluding hydrogens is 270 g/mol. The molecule has 0 radical (unpaired) electrons. The number of piperidine rings is 1. The van der Waals surface area contributed by atoms with Crippen molar-refractivity contribution in [2.45, 2.75) is 33.2 Å². The number of nitrogens with zero attached hydrogens (tertiary/aromatic N) is 2. The lowest BCUT2D eigenvalue weighted by molar-refractivity contribution is -0.128. The molecule has 2 heterocycles. The molecule has 1 unspecified atom stereocenters. The normalized spacial score (nSPS) is 19.4. The highest BCUT2D eigenvalue weighted by Gasteiger charge is 2.26. The second kappa shape index (κ2) is 6.71. The third kappa shape index (κ3) is 4.04. The number of carbonyl (C=O) groups is 2. The van der Waals surface area contributed by atoms with Crippen LogP contribution in [0, 0.1) is 19.8 Å². The number of aromatic amines is 1. The van der Waals surface area contributed by atoms with Crippen molar-refractivity contribution in [1.82, 2.24) is 20.4 Å². The largest absolute Gasteiger partial charge is 0.369 e. The lowest BCUT2D eigenvalue weighted by atomic mass is 9.97. The quantitative estimate of drug-likeness (QED) is 0.701. The monoisotopic (exact) mass is 293 g/mol. The lowest BCUT2D eigenvalue weighted by Gasteiger charge is -2.31. The molecule has 4 N–H and O–H groups in total. The van der Waals surface area contributed by atoms with E-state index in [9.17, 15) is 9.59 Å². The van der Waals surface area contributed by atoms with Crippen LogP contribution in [-0.4, -0.2) is 46.5 Å². The van der Waals surface area contributed by atoms with Crippen LogP contribution in [0.5, 0.6) is 0 Å². The van der Waals surface area contributed by atoms with E-state index >= 15 is 0 Å². The first-order valence-corrected chi connectivity index (χ1v) is 7.26. The molecule has 1 saturated heterocycles. The number of nitrogens with two attached hydrogens (primary N) is 1. The van der Waals surface area contributed by atoms with Gasteiger partial charge in [-0.1, -0.05) is 0 Å². The van der Waals surface area contributed by atoms with Crippen LogP contribution in [0.25, 0.3) is 0 Å². The van der Waals surface area contributed by atoms with E-state index < -0.39 is 0 Å². The minimum atomic E-state index is -0.347. The van der Waals surface area contributed by atoms with Gasteiger partial charge in [0.2, 0.25) is 11.8 Å². The molecule has 0 aliphatic carbocycles. The summed E-state index contributed by atoms with van der Waals surface area (Å²) in [5, 5.41) is 9.99. The molecule has 1 aromatic rings. The van der Waals surface area contributed by atoms with Crippen LogP contribution >= 0.6 is 0 Å². The van der Waals surface area contributed by atoms with E-state index in [4.69, 9.17) is 5.73 Å². The molecule has 1 aromatic heterocycles. The van der Waals surface area contributed by atoms with Crippen LogP contribution in [0.15, 0.2) is 0 Å². The summed E-state index contributed by atoms with van der Waals surface area (Å²) in [6.07, 6.45) is 1.76. The molecule has 116 valence electrons. The van der Waals surface area contributed by atoms with Gasteiger partial charge in [0.1, 0.15) is 0 Å². The first-order chi connectivity index (χ1) is 9.97. The Kier molecular flexibility index (Phi) is 4.95. The second-order valence-electron chi connectivity index (χ2n) is 5.67. The zero-order valence-corrected chi connectivity index (χ0v) is 12.6. The zero-order valence-electron chi connectivity index (χ0n) is 12.6. The van der Waals surface area contributed by atoms with Gasteiger partial charge in [-0.3, -0.25) is 19.6 Å². The van der Waals surface area contributed by atoms with E-state index in [1.807, 2.05) is 18.7 Å². The van der Waals surface area contributed by atoms with Crippen molar-refractivity contribution in [3.63, 3.8) is 0 Å². The summed E-state index contributed by atoms with van der Waals surface area (Å²) in [6.45, 7) is 5.99. The third-order valence-corrected chi connectivity index (χ3v) is 3.98. The number of rotatable bonds is 5. The molecule has 1 atom stereocenters. The molecule has 0 bridgehead atoms. The van der Waals surface area contributed by atoms with Gasteiger partial charge in [-0.15, -0.1) is 0 Å². The van der Waals surface area contributed by atoms with Crippen LogP contribution in [-0.2, 0) is 16.1 Å². The van der Waals surface area contributed by atoms with Gasteiger partial charge in [-0.05, 0) is 33.2 Å². The maximum Gasteiger partial charge on any atom is 0.231 e. The number of likely N-dealkylation sites (tertiary alicyclic amines) is 1. The SMILES string of the molecule is Cc1n[nH]c(C)c1CNC(=O)C1CCCN(CC(N)=O)C1. The second-order valence-corrected chi connectivity index (χ2v) is 5.67. The van der Waals surface area contributed by atoms with E-state index in [1.54, 1.807) is 0 Å². The number of amides is 2. The average molecular weight is 293 g/mol. The van der Waals surface area contributed by atoms with Crippen molar-refractivity contribution in [2.75, 3.05) is 19.6 Å². The molecule has 1 fully saturated rings. The van der Waals surface area contributed by atoms with Gasteiger partial charge in [0, 0.05) is 24.3 Å². The average Bonchev–Trinajstić information content (AvgIpc) is 2.75. The highest BCUT2D eigenvalue weighted by molar-refractivity contribution is 5.79. The zero-order chi connectivity index (χ0) is 15.4. The Morgan fingerprint density at radius 2 is 2.24 bits per heavy atom. The van der Waals surface area contributed by atoms with Gasteiger partial charge in [0.05, 0.1) is 18.2 Å². The maximum absolute atomic E-state index is 12.3. The molecule has 2 amide bonds. The van der Waals surface area contributed by atoms with Gasteiger partial charge in [-0.2, -0.15) is 5.10 Å². The van der Waals surface area contributed by atoms with E-state index in [0.29, 0.717) is 13.1 Å². The van der Waals surface area contributed by atoms with Crippen molar-refractivity contribution in [1.29, 1.82) is 0 Å². The number of carbonyl (C=O) groups excluding carboxylic acids is 2. The first-order valence-electron chi connectivity index (χ1n) is 7.26. The topological polar surface area (TPSA) is 104 Å². The molecular formula is C14H23N5O2. The highest BCUT2D eigenvalue weighted by atomic mass is 16.2. The molecule has 7 nitrogen and oxygen atoms in total. The minimum Gasteiger partial charge on any atom is -0.369 e. The smallest absolute Gasteiger partial charge is 0.231 e. The molecule has 1 aliphatic rings. The summed E-state index contributed by atoms with van der Waals surface area (Å²) in [5.74, 6) is -0.393. The summed E-state index contributed by atoms with van der Waals surface area (Å²) >= 11 is 0. The predicted molar refractivity (Wildman–Crippen MR) is 78.3 cm³/mol. The number of hydrogen-bond acceptors (Lipinski definition) is 4. The number of H-pyrrole nitrogens is 1. The van der Waals surface area contributed by atoms with Crippen molar-refractivity contribution in [3.8, 4) is 0 Å². The Morgan fingerprint density at radius 1 is 1.48 bits per heavy atom. The van der Waals surface area contributed by atoms with Gasteiger partial charge < -0.3 is 11.1 Å². The fourth-order valence-electron chi connectivity index (χ4n) is 2.79. The van der Waals surface area contributed by atoms with Gasteiger partial charge in [0.15, 0.2) is 0 Å². The number of aryl methyl sites for hydroxylation is 2. The minimum absolute atomic E-state index is 0.0316. The molecule has 0 spiro atoms. The van der Waals surface area contributed by atoms with Crippen LogP contribution in [0.2, 0.25) is 0 Å². The Bertz CT molecular complexity index is 506. The standard InChI is InChI=1S/C14H23N5O2/c1-9-12(10(2)18-17-9)6-16-14(21)11-4-3-5-19(7-11)8-13(15)20/h11H,3-8H2,1-2H3,(H2,15,20)(H,16,21)(H,17,18). The Balaban J connectivity index is 1.87. The Hall–Kier alpha value is -1.89. The molecule has 2 rings (SSSR count). The third-order valence-electron chi connectivity index (χ3n) is 3.98. The molecule has 1 aliphatic heterocycles. The first kappa shape index (κ1) is 15.5. The lowest BCUT2D eigenvalue weighted by Crippen LogP contribution is -2.45. The number of primary amides is 1. The summed E-state index contributed by atoms with van der Waals surface area (Å²) in [5.41, 5.74) is 8.13. The van der Waals surface area contributed by atoms with Crippen LogP contribution < -0.4 is 11.1 Å². The van der Waals surface area contributed by atoms with Crippen LogP contribution in [0.3, 0.4) is 0 Å². The molecule has 0 aromatic carbocycles. The highest BCUT2D eigenvalue weighted by Crippen LogP contribution is 2.17. The van der Waals surface area contributed by atoms with E-state index in [-0.39, 0.29) is 24.3 Å². The number of aromatic nitrogens is 2. The Labute approximate surface area is 124 Å². The fraction of sp³-hybridized carbons (Fsp3) is 0.643. The molecule has 21 heavy (non-hydrogen) atoms. The van der Waals surface area contributed by atoms with Crippen molar-refractivity contribution in [2.24, 2.45) is 11.7 Å². The van der Waals surface area contributed by atoms with E-state index in [1.165, 1.54) is 0 Å². The Morgan fingerprint density at radius 3 is 2.86 bits per heavy atom. The van der Waals surface area contributed by atoms with Crippen molar-refractivity contribution in [3.05, 3.63) is 17.0 Å². The van der Waals surface area contributed by atoms with Crippen LogP contribution in [0.4, 0.5) is 0 Å². The van der Waals surface area contributed by atoms with Crippen LogP contribution in [0.1, 0.15) is 29.8 Å². The fourth-order valence-corrected chi connectivity index (χ4v) is 2.79. The number of hydrogen-bond donors (Lipinski definition) is 3. The molecule has 0 saturated carbocycles. The molecule has 7 heteroatoms. The number of nitrogens with one attached hydrogen (secondary N) is 2. The van der Waals surface area contributed by atoms with E-state index in [2.05, 4.69) is 15.5 Å². The predicted octanol–water partition coefficient (Wildman–Crippen LogP) is -0.160. The summed E-state index contributed by atoms with van der Waals surface area (Å²) in [6, 6.07) is 0. The van der Waals surface area contributed by atoms with Gasteiger partial charge in [-0.25, -0.2) is 0 Å². The van der Waals surface area contributed by atoms with Gasteiger partial charge >= 0.3 is 0 Å². The van der Waals surface area contributed by atoms with Gasteiger partial charge in [0.25, 0.3) is 0 Å². The van der Waals surface area contributed by atoms with Crippen molar-refractivity contribution < 1.29 is 9.59 Å². The summed E-state index contributed by atoms with van der Waals surface area (Å²) in [7, 11) is 0. The summed E-state index contributed by atoms with van der Waals surface area (Å²) in [4.78, 5) is 25.2. The van der Waals surface area contributed by atoms with E-state index in [0.717, 1.165) is 36.3 Å². The maximum atomic E-state index is 12.3. The van der Waals surface area contributed by atoms with Crippen molar-refractivity contribution >= 4 is 11.8 Å². The summed E-state index contributed by atoms with van der Waals surface area (Å²) < 4.78 is 0.